The fraction of sp³-hybridized carbons (Fsp3) is 0.154. The average Bonchev–Trinajstić information content (AvgIpc) is 3.13. The summed E-state index contributed by atoms with van der Waals surface area (Å²) in [4.78, 5) is 37.3. The van der Waals surface area contributed by atoms with Crippen molar-refractivity contribution in [3.63, 3.8) is 0 Å². The van der Waals surface area contributed by atoms with Gasteiger partial charge in [0, 0.05) is 11.6 Å². The van der Waals surface area contributed by atoms with Crippen LogP contribution >= 0.6 is 11.8 Å². The molecule has 3 aromatic rings. The van der Waals surface area contributed by atoms with E-state index in [0.717, 1.165) is 10.5 Å². The van der Waals surface area contributed by atoms with Crippen molar-refractivity contribution in [1.29, 1.82) is 0 Å². The standard InChI is InChI=1S/C26H22N2O8S2/c1-3-35-23-14-18(10-13-22(23)36-38(33,34)20-11-8-17(2)9-12-20)15-24-25(29)27(26(30)37-24)16-19-6-4-5-7-21(19)28(31)32/h4-15H,3,16H2,1-2H3/b24-15-. The van der Waals surface area contributed by atoms with Crippen LogP contribution in [0, 0.1) is 17.0 Å². The van der Waals surface area contributed by atoms with Crippen molar-refractivity contribution in [2.24, 2.45) is 0 Å². The number of para-hydroxylation sites is 1. The predicted molar refractivity (Wildman–Crippen MR) is 141 cm³/mol. The van der Waals surface area contributed by atoms with Gasteiger partial charge in [0.1, 0.15) is 4.90 Å². The molecule has 0 spiro atoms. The molecular weight excluding hydrogens is 532 g/mol. The Hall–Kier alpha value is -4.16. The summed E-state index contributed by atoms with van der Waals surface area (Å²) in [5.74, 6) is -0.497. The van der Waals surface area contributed by atoms with Gasteiger partial charge in [0.25, 0.3) is 16.8 Å². The molecule has 3 aromatic carbocycles. The summed E-state index contributed by atoms with van der Waals surface area (Å²) in [6.45, 7) is 3.53. The van der Waals surface area contributed by atoms with Gasteiger partial charge < -0.3 is 8.92 Å². The van der Waals surface area contributed by atoms with E-state index in [1.165, 1.54) is 54.6 Å². The first-order valence-corrected chi connectivity index (χ1v) is 13.6. The Balaban J connectivity index is 1.58. The van der Waals surface area contributed by atoms with Gasteiger partial charge in [-0.25, -0.2) is 0 Å². The fourth-order valence-corrected chi connectivity index (χ4v) is 5.38. The minimum atomic E-state index is -4.12. The number of hydrogen-bond donors (Lipinski definition) is 0. The number of nitrogens with zero attached hydrogens (tertiary/aromatic N) is 2. The molecule has 2 amide bonds. The highest BCUT2D eigenvalue weighted by molar-refractivity contribution is 8.18. The number of nitro groups is 1. The Morgan fingerprint density at radius 3 is 2.42 bits per heavy atom. The fourth-order valence-electron chi connectivity index (χ4n) is 3.60. The number of rotatable bonds is 9. The quantitative estimate of drug-likeness (QED) is 0.149. The molecule has 1 fully saturated rings. The van der Waals surface area contributed by atoms with Crippen molar-refractivity contribution < 1.29 is 31.9 Å². The highest BCUT2D eigenvalue weighted by Crippen LogP contribution is 2.37. The van der Waals surface area contributed by atoms with Crippen LogP contribution in [0.2, 0.25) is 0 Å². The lowest BCUT2D eigenvalue weighted by Crippen LogP contribution is -2.27. The van der Waals surface area contributed by atoms with E-state index < -0.39 is 26.2 Å². The molecule has 12 heteroatoms. The molecule has 1 aliphatic heterocycles. The summed E-state index contributed by atoms with van der Waals surface area (Å²) in [6.07, 6.45) is 1.46. The monoisotopic (exact) mass is 554 g/mol. The zero-order valence-electron chi connectivity index (χ0n) is 20.3. The van der Waals surface area contributed by atoms with Gasteiger partial charge in [-0.05, 0) is 61.5 Å². The van der Waals surface area contributed by atoms with E-state index in [9.17, 15) is 28.1 Å². The molecule has 0 unspecified atom stereocenters. The minimum absolute atomic E-state index is 0.0121. The molecule has 1 saturated heterocycles. The van der Waals surface area contributed by atoms with Gasteiger partial charge in [0.15, 0.2) is 11.5 Å². The van der Waals surface area contributed by atoms with Gasteiger partial charge >= 0.3 is 10.1 Å². The van der Waals surface area contributed by atoms with Crippen LogP contribution in [0.25, 0.3) is 6.08 Å². The molecule has 196 valence electrons. The maximum absolute atomic E-state index is 13.0. The highest BCUT2D eigenvalue weighted by Gasteiger charge is 2.36. The zero-order valence-corrected chi connectivity index (χ0v) is 22.0. The molecular formula is C26H22N2O8S2. The van der Waals surface area contributed by atoms with Crippen LogP contribution in [-0.2, 0) is 21.5 Å². The molecule has 4 rings (SSSR count). The Morgan fingerprint density at radius 1 is 1.03 bits per heavy atom. The Labute approximate surface area is 223 Å². The predicted octanol–water partition coefficient (Wildman–Crippen LogP) is 5.31. The van der Waals surface area contributed by atoms with Crippen LogP contribution in [0.15, 0.2) is 76.5 Å². The smallest absolute Gasteiger partial charge is 0.339 e. The molecule has 0 aromatic heterocycles. The topological polar surface area (TPSA) is 133 Å². The lowest BCUT2D eigenvalue weighted by Gasteiger charge is -2.13. The minimum Gasteiger partial charge on any atom is -0.490 e. The molecule has 38 heavy (non-hydrogen) atoms. The number of aryl methyl sites for hydroxylation is 1. The maximum Gasteiger partial charge on any atom is 0.339 e. The van der Waals surface area contributed by atoms with E-state index >= 15 is 0 Å². The third kappa shape index (κ3) is 5.87. The van der Waals surface area contributed by atoms with Crippen molar-refractivity contribution in [3.8, 4) is 11.5 Å². The van der Waals surface area contributed by atoms with E-state index in [0.29, 0.717) is 17.3 Å². The number of benzene rings is 3. The third-order valence-electron chi connectivity index (χ3n) is 5.46. The zero-order chi connectivity index (χ0) is 27.4. The summed E-state index contributed by atoms with van der Waals surface area (Å²) in [5.41, 5.74) is 1.41. The molecule has 10 nitrogen and oxygen atoms in total. The van der Waals surface area contributed by atoms with Gasteiger partial charge in [-0.1, -0.05) is 42.0 Å². The van der Waals surface area contributed by atoms with Gasteiger partial charge in [-0.15, -0.1) is 0 Å². The van der Waals surface area contributed by atoms with E-state index in [1.54, 1.807) is 25.1 Å². The van der Waals surface area contributed by atoms with Crippen LogP contribution in [0.4, 0.5) is 10.5 Å². The number of thioether (sulfide) groups is 1. The van der Waals surface area contributed by atoms with Crippen molar-refractivity contribution in [1.82, 2.24) is 4.90 Å². The number of imide groups is 1. The Bertz CT molecular complexity index is 1550. The SMILES string of the molecule is CCOc1cc(/C=C2\SC(=O)N(Cc3ccccc3[N+](=O)[O-])C2=O)ccc1OS(=O)(=O)c1ccc(C)cc1. The van der Waals surface area contributed by atoms with Crippen LogP contribution in [-0.4, -0.2) is 36.0 Å². The summed E-state index contributed by atoms with van der Waals surface area (Å²) in [6, 6.07) is 16.5. The van der Waals surface area contributed by atoms with E-state index in [-0.39, 0.29) is 45.7 Å². The highest BCUT2D eigenvalue weighted by atomic mass is 32.2. The molecule has 0 atom stereocenters. The molecule has 0 bridgehead atoms. The second-order valence-electron chi connectivity index (χ2n) is 8.14. The van der Waals surface area contributed by atoms with E-state index in [1.807, 2.05) is 6.92 Å². The Morgan fingerprint density at radius 2 is 1.74 bits per heavy atom. The van der Waals surface area contributed by atoms with E-state index in [4.69, 9.17) is 8.92 Å². The summed E-state index contributed by atoms with van der Waals surface area (Å²) >= 11 is 0.703. The number of amides is 2. The molecule has 0 N–H and O–H groups in total. The molecule has 0 aliphatic carbocycles. The number of hydrogen-bond acceptors (Lipinski definition) is 9. The molecule has 1 heterocycles. The van der Waals surface area contributed by atoms with Crippen molar-refractivity contribution in [3.05, 3.63) is 98.4 Å². The lowest BCUT2D eigenvalue weighted by atomic mass is 10.1. The number of carbonyl (C=O) groups is 2. The van der Waals surface area contributed by atoms with Gasteiger partial charge in [0.05, 0.1) is 23.0 Å². The lowest BCUT2D eigenvalue weighted by molar-refractivity contribution is -0.385. The van der Waals surface area contributed by atoms with Crippen LogP contribution in [0.3, 0.4) is 0 Å². The van der Waals surface area contributed by atoms with Crippen molar-refractivity contribution >= 4 is 44.8 Å². The second kappa shape index (κ2) is 11.1. The number of carbonyl (C=O) groups excluding carboxylic acids is 2. The maximum atomic E-state index is 13.0. The van der Waals surface area contributed by atoms with Gasteiger partial charge in [-0.3, -0.25) is 24.6 Å². The first-order chi connectivity index (χ1) is 18.1. The van der Waals surface area contributed by atoms with Gasteiger partial charge in [0.2, 0.25) is 0 Å². The molecule has 0 saturated carbocycles. The van der Waals surface area contributed by atoms with Crippen molar-refractivity contribution in [2.75, 3.05) is 6.61 Å². The first-order valence-electron chi connectivity index (χ1n) is 11.3. The molecule has 0 radical (unpaired) electrons. The molecule has 1 aliphatic rings. The number of ether oxygens (including phenoxy) is 1. The van der Waals surface area contributed by atoms with Crippen LogP contribution in [0.5, 0.6) is 11.5 Å². The van der Waals surface area contributed by atoms with E-state index in [2.05, 4.69) is 0 Å². The second-order valence-corrected chi connectivity index (χ2v) is 10.7. The van der Waals surface area contributed by atoms with Crippen molar-refractivity contribution in [2.45, 2.75) is 25.3 Å². The summed E-state index contributed by atoms with van der Waals surface area (Å²) in [5, 5.41) is 10.7. The van der Waals surface area contributed by atoms with Crippen LogP contribution in [0.1, 0.15) is 23.6 Å². The Kier molecular flexibility index (Phi) is 7.83. The first kappa shape index (κ1) is 26.9. The largest absolute Gasteiger partial charge is 0.490 e. The average molecular weight is 555 g/mol. The summed E-state index contributed by atoms with van der Waals surface area (Å²) < 4.78 is 36.4. The van der Waals surface area contributed by atoms with Gasteiger partial charge in [-0.2, -0.15) is 8.42 Å². The van der Waals surface area contributed by atoms with Crippen LogP contribution < -0.4 is 8.92 Å². The number of nitro benzene ring substituents is 1. The normalized spacial score (nSPS) is 14.7. The third-order valence-corrected chi connectivity index (χ3v) is 7.62. The summed E-state index contributed by atoms with van der Waals surface area (Å²) in [7, 11) is -4.12.